The fraction of sp³-hybridized carbons (Fsp3) is 0.105. The summed E-state index contributed by atoms with van der Waals surface area (Å²) in [7, 11) is 0. The van der Waals surface area contributed by atoms with Crippen LogP contribution in [0.1, 0.15) is 16.2 Å². The minimum Gasteiger partial charge on any atom is -0.454 e. The number of esters is 1. The van der Waals surface area contributed by atoms with Gasteiger partial charge in [0, 0.05) is 17.8 Å². The van der Waals surface area contributed by atoms with E-state index >= 15 is 0 Å². The lowest BCUT2D eigenvalue weighted by atomic mass is 10.2. The van der Waals surface area contributed by atoms with E-state index in [9.17, 15) is 9.59 Å². The van der Waals surface area contributed by atoms with E-state index in [0.717, 1.165) is 5.69 Å². The number of carbonyl (C=O) groups excluding carboxylic acids is 1. The number of aromatic nitrogens is 2. The molecule has 0 N–H and O–H groups in total. The molecular formula is C19H14N2O5. The van der Waals surface area contributed by atoms with Crippen LogP contribution in [0.3, 0.4) is 0 Å². The molecule has 2 aromatic carbocycles. The van der Waals surface area contributed by atoms with Crippen molar-refractivity contribution in [2.24, 2.45) is 0 Å². The van der Waals surface area contributed by atoms with Gasteiger partial charge in [-0.1, -0.05) is 18.2 Å². The molecule has 1 aliphatic rings. The highest BCUT2D eigenvalue weighted by Crippen LogP contribution is 2.35. The second-order valence-corrected chi connectivity index (χ2v) is 5.65. The summed E-state index contributed by atoms with van der Waals surface area (Å²) in [4.78, 5) is 24.7. The second-order valence-electron chi connectivity index (χ2n) is 5.65. The molecular weight excluding hydrogens is 336 g/mol. The van der Waals surface area contributed by atoms with Crippen molar-refractivity contribution < 1.29 is 19.0 Å². The molecule has 2 heterocycles. The molecule has 0 saturated heterocycles. The minimum absolute atomic E-state index is 0.119. The Bertz CT molecular complexity index is 1040. The van der Waals surface area contributed by atoms with Crippen molar-refractivity contribution in [1.29, 1.82) is 0 Å². The number of nitrogens with zero attached hydrogens (tertiary/aromatic N) is 2. The Labute approximate surface area is 148 Å². The van der Waals surface area contributed by atoms with Gasteiger partial charge in [0.1, 0.15) is 5.75 Å². The van der Waals surface area contributed by atoms with Gasteiger partial charge in [-0.05, 0) is 31.2 Å². The second kappa shape index (κ2) is 6.36. The van der Waals surface area contributed by atoms with Gasteiger partial charge in [0.05, 0.1) is 5.69 Å². The van der Waals surface area contributed by atoms with E-state index < -0.39 is 11.4 Å². The summed E-state index contributed by atoms with van der Waals surface area (Å²) in [6, 6.07) is 15.3. The molecule has 0 bridgehead atoms. The zero-order valence-corrected chi connectivity index (χ0v) is 13.8. The molecule has 4 rings (SSSR count). The third kappa shape index (κ3) is 2.90. The van der Waals surface area contributed by atoms with Gasteiger partial charge in [-0.25, -0.2) is 9.48 Å². The number of aryl methyl sites for hydroxylation is 1. The van der Waals surface area contributed by atoms with Crippen LogP contribution in [0.2, 0.25) is 0 Å². The standard InChI is InChI=1S/C19H14N2O5/c1-12-9-15(22)18(20-21(12)13-5-3-2-4-6-13)19(23)26-14-7-8-16-17(10-14)25-11-24-16/h2-10H,11H2,1H3. The predicted molar refractivity (Wildman–Crippen MR) is 92.1 cm³/mol. The summed E-state index contributed by atoms with van der Waals surface area (Å²) in [5.41, 5.74) is 0.556. The van der Waals surface area contributed by atoms with E-state index in [-0.39, 0.29) is 18.2 Å². The Morgan fingerprint density at radius 1 is 1.08 bits per heavy atom. The van der Waals surface area contributed by atoms with Crippen molar-refractivity contribution in [3.8, 4) is 22.9 Å². The summed E-state index contributed by atoms with van der Waals surface area (Å²) in [6.07, 6.45) is 0. The van der Waals surface area contributed by atoms with Gasteiger partial charge in [0.15, 0.2) is 11.5 Å². The van der Waals surface area contributed by atoms with E-state index in [1.807, 2.05) is 30.3 Å². The fourth-order valence-electron chi connectivity index (χ4n) is 2.62. The van der Waals surface area contributed by atoms with Crippen LogP contribution in [-0.4, -0.2) is 22.5 Å². The summed E-state index contributed by atoms with van der Waals surface area (Å²) >= 11 is 0. The zero-order chi connectivity index (χ0) is 18.1. The van der Waals surface area contributed by atoms with Crippen molar-refractivity contribution in [2.75, 3.05) is 6.79 Å². The Balaban J connectivity index is 1.67. The minimum atomic E-state index is -0.835. The first-order valence-corrected chi connectivity index (χ1v) is 7.90. The normalized spacial score (nSPS) is 12.0. The number of ether oxygens (including phenoxy) is 3. The van der Waals surface area contributed by atoms with Gasteiger partial charge >= 0.3 is 5.97 Å². The molecule has 3 aromatic rings. The lowest BCUT2D eigenvalue weighted by Gasteiger charge is -2.11. The van der Waals surface area contributed by atoms with Crippen molar-refractivity contribution in [2.45, 2.75) is 6.92 Å². The number of rotatable bonds is 3. The molecule has 130 valence electrons. The Kier molecular flexibility index (Phi) is 3.89. The number of carbonyl (C=O) groups is 1. The van der Waals surface area contributed by atoms with Crippen LogP contribution in [0.15, 0.2) is 59.4 Å². The average Bonchev–Trinajstić information content (AvgIpc) is 3.10. The lowest BCUT2D eigenvalue weighted by Crippen LogP contribution is -2.25. The fourth-order valence-corrected chi connectivity index (χ4v) is 2.62. The molecule has 7 heteroatoms. The highest BCUT2D eigenvalue weighted by molar-refractivity contribution is 5.88. The number of fused-ring (bicyclic) bond motifs is 1. The van der Waals surface area contributed by atoms with Gasteiger partial charge < -0.3 is 14.2 Å². The van der Waals surface area contributed by atoms with Crippen LogP contribution in [-0.2, 0) is 0 Å². The number of para-hydroxylation sites is 1. The first-order chi connectivity index (χ1) is 12.6. The van der Waals surface area contributed by atoms with Crippen LogP contribution in [0, 0.1) is 6.92 Å². The summed E-state index contributed by atoms with van der Waals surface area (Å²) in [6.45, 7) is 1.86. The van der Waals surface area contributed by atoms with E-state index in [4.69, 9.17) is 14.2 Å². The highest BCUT2D eigenvalue weighted by atomic mass is 16.7. The van der Waals surface area contributed by atoms with E-state index in [1.54, 1.807) is 19.1 Å². The van der Waals surface area contributed by atoms with Crippen molar-refractivity contribution in [3.63, 3.8) is 0 Å². The molecule has 0 fully saturated rings. The number of hydrogen-bond acceptors (Lipinski definition) is 6. The van der Waals surface area contributed by atoms with Gasteiger partial charge in [0.25, 0.3) is 0 Å². The highest BCUT2D eigenvalue weighted by Gasteiger charge is 2.20. The maximum absolute atomic E-state index is 12.5. The Hall–Kier alpha value is -3.61. The molecule has 0 aliphatic carbocycles. The SMILES string of the molecule is Cc1cc(=O)c(C(=O)Oc2ccc3c(c2)OCO3)nn1-c1ccccc1. The van der Waals surface area contributed by atoms with Gasteiger partial charge in [-0.2, -0.15) is 5.10 Å². The van der Waals surface area contributed by atoms with Crippen molar-refractivity contribution >= 4 is 5.97 Å². The third-order valence-corrected chi connectivity index (χ3v) is 3.86. The van der Waals surface area contributed by atoms with E-state index in [0.29, 0.717) is 17.2 Å². The Morgan fingerprint density at radius 2 is 1.85 bits per heavy atom. The summed E-state index contributed by atoms with van der Waals surface area (Å²) < 4.78 is 17.3. The molecule has 26 heavy (non-hydrogen) atoms. The number of benzene rings is 2. The summed E-state index contributed by atoms with van der Waals surface area (Å²) in [5.74, 6) is 0.462. The molecule has 1 aromatic heterocycles. The largest absolute Gasteiger partial charge is 0.454 e. The van der Waals surface area contributed by atoms with Gasteiger partial charge in [0.2, 0.25) is 17.9 Å². The molecule has 0 unspecified atom stereocenters. The smallest absolute Gasteiger partial charge is 0.368 e. The first kappa shape index (κ1) is 15.9. The quantitative estimate of drug-likeness (QED) is 0.533. The maximum atomic E-state index is 12.5. The van der Waals surface area contributed by atoms with Crippen LogP contribution < -0.4 is 19.6 Å². The van der Waals surface area contributed by atoms with E-state index in [1.165, 1.54) is 16.8 Å². The van der Waals surface area contributed by atoms with Crippen molar-refractivity contribution in [1.82, 2.24) is 9.78 Å². The first-order valence-electron chi connectivity index (χ1n) is 7.90. The third-order valence-electron chi connectivity index (χ3n) is 3.86. The van der Waals surface area contributed by atoms with Crippen LogP contribution in [0.25, 0.3) is 5.69 Å². The molecule has 0 amide bonds. The molecule has 0 atom stereocenters. The lowest BCUT2D eigenvalue weighted by molar-refractivity contribution is 0.0724. The molecule has 1 aliphatic heterocycles. The molecule has 0 spiro atoms. The van der Waals surface area contributed by atoms with Gasteiger partial charge in [-0.3, -0.25) is 4.79 Å². The summed E-state index contributed by atoms with van der Waals surface area (Å²) in [5, 5.41) is 4.18. The molecule has 7 nitrogen and oxygen atoms in total. The van der Waals surface area contributed by atoms with E-state index in [2.05, 4.69) is 5.10 Å². The van der Waals surface area contributed by atoms with Crippen LogP contribution >= 0.6 is 0 Å². The van der Waals surface area contributed by atoms with Crippen molar-refractivity contribution in [3.05, 3.63) is 76.2 Å². The van der Waals surface area contributed by atoms with Crippen LogP contribution in [0.5, 0.6) is 17.2 Å². The van der Waals surface area contributed by atoms with Gasteiger partial charge in [-0.15, -0.1) is 0 Å². The topological polar surface area (TPSA) is 79.7 Å². The van der Waals surface area contributed by atoms with Crippen LogP contribution in [0.4, 0.5) is 0 Å². The molecule has 0 radical (unpaired) electrons. The number of hydrogen-bond donors (Lipinski definition) is 0. The zero-order valence-electron chi connectivity index (χ0n) is 13.8. The maximum Gasteiger partial charge on any atom is 0.368 e. The Morgan fingerprint density at radius 3 is 2.65 bits per heavy atom. The monoisotopic (exact) mass is 350 g/mol. The average molecular weight is 350 g/mol. The molecule has 0 saturated carbocycles. The predicted octanol–water partition coefficient (Wildman–Crippen LogP) is 2.49.